The van der Waals surface area contributed by atoms with Crippen LogP contribution in [0.15, 0.2) is 55.1 Å². The minimum atomic E-state index is -2.84. The molecule has 6 nitrogen and oxygen atoms in total. The van der Waals surface area contributed by atoms with E-state index in [0.717, 1.165) is 24.0 Å². The Morgan fingerprint density at radius 1 is 0.919 bits per heavy atom. The van der Waals surface area contributed by atoms with Gasteiger partial charge in [-0.2, -0.15) is 0 Å². The van der Waals surface area contributed by atoms with Crippen molar-refractivity contribution in [3.63, 3.8) is 0 Å². The van der Waals surface area contributed by atoms with Crippen molar-refractivity contribution in [2.45, 2.75) is 26.3 Å². The second-order valence-corrected chi connectivity index (χ2v) is 8.55. The predicted octanol–water partition coefficient (Wildman–Crippen LogP) is 6.52. The fraction of sp³-hybridized carbons (Fsp3) is 0.192. The number of aromatic nitrogens is 5. The average Bonchev–Trinajstić information content (AvgIpc) is 3.51. The highest BCUT2D eigenvalue weighted by atomic mass is 19.3. The molecule has 2 aliphatic rings. The molecule has 5 rings (SSSR count). The number of nitrogens with zero attached hydrogens (tertiary/aromatic N) is 5. The first kappa shape index (κ1) is 24.4. The first-order valence-corrected chi connectivity index (χ1v) is 11.2. The Morgan fingerprint density at radius 2 is 1.65 bits per heavy atom. The standard InChI is InChI=1S/C26H20F5N5O/c1-13-10-35(12-32-13)21-5-4-15(9-22(21)37-3)24-18-6-17(25(30)31)11-36(26(18)34-33-24)14(2)16-7-19(27)23(29)20(28)8-16/h4-12,14,25H,1-3H3. The third-order valence-electron chi connectivity index (χ3n) is 6.19. The van der Waals surface area contributed by atoms with Crippen molar-refractivity contribution in [3.05, 3.63) is 89.4 Å². The summed E-state index contributed by atoms with van der Waals surface area (Å²) in [7, 11) is 1.51. The summed E-state index contributed by atoms with van der Waals surface area (Å²) in [6.45, 7) is 3.40. The summed E-state index contributed by atoms with van der Waals surface area (Å²) in [5.74, 6) is -3.65. The molecule has 190 valence electrons. The van der Waals surface area contributed by atoms with Crippen LogP contribution in [0.25, 0.3) is 28.3 Å². The summed E-state index contributed by atoms with van der Waals surface area (Å²) in [6, 6.07) is 7.33. The van der Waals surface area contributed by atoms with E-state index in [2.05, 4.69) is 15.2 Å². The van der Waals surface area contributed by atoms with E-state index >= 15 is 0 Å². The molecular formula is C26H20F5N5O. The molecule has 0 saturated carbocycles. The van der Waals surface area contributed by atoms with Gasteiger partial charge < -0.3 is 13.9 Å². The van der Waals surface area contributed by atoms with Gasteiger partial charge in [-0.05, 0) is 49.7 Å². The van der Waals surface area contributed by atoms with E-state index in [1.165, 1.54) is 17.7 Å². The van der Waals surface area contributed by atoms with Gasteiger partial charge in [-0.15, -0.1) is 10.2 Å². The van der Waals surface area contributed by atoms with Gasteiger partial charge in [-0.3, -0.25) is 0 Å². The van der Waals surface area contributed by atoms with Crippen LogP contribution in [0.2, 0.25) is 0 Å². The molecule has 11 heteroatoms. The highest BCUT2D eigenvalue weighted by Crippen LogP contribution is 2.39. The van der Waals surface area contributed by atoms with Gasteiger partial charge in [0.05, 0.1) is 30.9 Å². The fourth-order valence-corrected chi connectivity index (χ4v) is 4.26. The zero-order valence-electron chi connectivity index (χ0n) is 19.9. The normalized spacial score (nSPS) is 12.5. The number of pyridine rings is 1. The third kappa shape index (κ3) is 4.30. The topological polar surface area (TPSA) is 57.8 Å². The Kier molecular flexibility index (Phi) is 6.14. The fourth-order valence-electron chi connectivity index (χ4n) is 4.26. The summed E-state index contributed by atoms with van der Waals surface area (Å²) in [5, 5.41) is 8.43. The van der Waals surface area contributed by atoms with Crippen molar-refractivity contribution < 1.29 is 26.7 Å². The Morgan fingerprint density at radius 3 is 2.27 bits per heavy atom. The smallest absolute Gasteiger partial charge is 0.265 e. The second kappa shape index (κ2) is 9.30. The number of hydrogen-bond donors (Lipinski definition) is 0. The van der Waals surface area contributed by atoms with Gasteiger partial charge in [0.1, 0.15) is 11.4 Å². The van der Waals surface area contributed by atoms with E-state index in [1.807, 2.05) is 13.1 Å². The highest BCUT2D eigenvalue weighted by molar-refractivity contribution is 5.80. The van der Waals surface area contributed by atoms with Crippen LogP contribution in [-0.4, -0.2) is 31.4 Å². The van der Waals surface area contributed by atoms with Gasteiger partial charge in [0, 0.05) is 29.1 Å². The van der Waals surface area contributed by atoms with E-state index in [-0.39, 0.29) is 17.0 Å². The van der Waals surface area contributed by atoms with Gasteiger partial charge in [-0.25, -0.2) is 26.9 Å². The monoisotopic (exact) mass is 513 g/mol. The van der Waals surface area contributed by atoms with E-state index < -0.39 is 29.9 Å². The number of halogens is 5. The number of rotatable bonds is 6. The summed E-state index contributed by atoms with van der Waals surface area (Å²) >= 11 is 0. The van der Waals surface area contributed by atoms with Crippen molar-refractivity contribution >= 4 is 0 Å². The van der Waals surface area contributed by atoms with E-state index in [0.29, 0.717) is 28.3 Å². The van der Waals surface area contributed by atoms with Crippen LogP contribution in [0, 0.1) is 24.4 Å². The summed E-state index contributed by atoms with van der Waals surface area (Å²) in [6.07, 6.45) is 1.79. The lowest BCUT2D eigenvalue weighted by Crippen LogP contribution is -2.13. The van der Waals surface area contributed by atoms with Crippen molar-refractivity contribution in [1.29, 1.82) is 0 Å². The molecule has 0 aliphatic carbocycles. The Labute approximate surface area is 208 Å². The minimum Gasteiger partial charge on any atom is -0.495 e. The number of ether oxygens (including phenoxy) is 1. The van der Waals surface area contributed by atoms with Crippen molar-refractivity contribution in [2.75, 3.05) is 7.11 Å². The molecule has 1 aromatic heterocycles. The first-order valence-electron chi connectivity index (χ1n) is 11.2. The summed E-state index contributed by atoms with van der Waals surface area (Å²) in [5.41, 5.74) is 2.43. The molecule has 0 saturated heterocycles. The number of fused-ring (bicyclic) bond motifs is 1. The maximum Gasteiger partial charge on any atom is 0.265 e. The molecule has 0 amide bonds. The van der Waals surface area contributed by atoms with E-state index in [1.54, 1.807) is 36.0 Å². The summed E-state index contributed by atoms with van der Waals surface area (Å²) in [4.78, 5) is 4.22. The van der Waals surface area contributed by atoms with Crippen LogP contribution in [0.1, 0.15) is 36.2 Å². The first-order chi connectivity index (χ1) is 17.7. The van der Waals surface area contributed by atoms with Crippen LogP contribution in [-0.2, 0) is 0 Å². The Hall–Kier alpha value is -4.28. The van der Waals surface area contributed by atoms with Gasteiger partial charge in [0.15, 0.2) is 23.3 Å². The van der Waals surface area contributed by atoms with Crippen molar-refractivity contribution in [3.8, 4) is 34.1 Å². The van der Waals surface area contributed by atoms with Crippen molar-refractivity contribution in [1.82, 2.24) is 24.3 Å². The molecule has 0 fully saturated rings. The SMILES string of the molecule is COc1cc(-c2nnc3n(C(C)c4cc(F)c(F)c(F)c4)cc(C(F)F)cc2-3)ccc1-n1cnc(C)c1. The van der Waals surface area contributed by atoms with Gasteiger partial charge >= 0.3 is 0 Å². The molecule has 0 N–H and O–H groups in total. The number of aryl methyl sites for hydroxylation is 1. The molecule has 1 atom stereocenters. The van der Waals surface area contributed by atoms with E-state index in [9.17, 15) is 22.0 Å². The molecule has 37 heavy (non-hydrogen) atoms. The Bertz CT molecular complexity index is 1550. The van der Waals surface area contributed by atoms with Gasteiger partial charge in [0.2, 0.25) is 0 Å². The largest absolute Gasteiger partial charge is 0.495 e. The summed E-state index contributed by atoms with van der Waals surface area (Å²) < 4.78 is 77.7. The zero-order valence-corrected chi connectivity index (χ0v) is 19.9. The van der Waals surface area contributed by atoms with Gasteiger partial charge in [-0.1, -0.05) is 6.07 Å². The zero-order chi connectivity index (χ0) is 26.4. The predicted molar refractivity (Wildman–Crippen MR) is 126 cm³/mol. The van der Waals surface area contributed by atoms with Crippen LogP contribution < -0.4 is 4.74 Å². The Balaban J connectivity index is 1.62. The number of alkyl halides is 2. The quantitative estimate of drug-likeness (QED) is 0.192. The second-order valence-electron chi connectivity index (χ2n) is 8.55. The molecule has 2 aromatic carbocycles. The maximum absolute atomic E-state index is 13.9. The molecule has 1 unspecified atom stereocenters. The molecule has 3 aromatic rings. The number of methoxy groups -OCH3 is 1. The van der Waals surface area contributed by atoms with Crippen molar-refractivity contribution in [2.24, 2.45) is 0 Å². The molecule has 2 aliphatic heterocycles. The lowest BCUT2D eigenvalue weighted by molar-refractivity contribution is 0.150. The number of hydrogen-bond acceptors (Lipinski definition) is 4. The molecule has 0 bridgehead atoms. The number of benzene rings is 2. The lowest BCUT2D eigenvalue weighted by atomic mass is 10.0. The number of imidazole rings is 1. The van der Waals surface area contributed by atoms with Crippen LogP contribution in [0.5, 0.6) is 5.75 Å². The maximum atomic E-state index is 13.9. The van der Waals surface area contributed by atoms with Gasteiger partial charge in [0.25, 0.3) is 6.43 Å². The van der Waals surface area contributed by atoms with Crippen LogP contribution >= 0.6 is 0 Å². The average molecular weight is 513 g/mol. The van der Waals surface area contributed by atoms with E-state index in [4.69, 9.17) is 4.74 Å². The van der Waals surface area contributed by atoms with Crippen LogP contribution in [0.4, 0.5) is 22.0 Å². The lowest BCUT2D eigenvalue weighted by Gasteiger charge is -2.21. The molecule has 3 heterocycles. The van der Waals surface area contributed by atoms with Crippen LogP contribution in [0.3, 0.4) is 0 Å². The highest BCUT2D eigenvalue weighted by Gasteiger charge is 2.26. The minimum absolute atomic E-state index is 0.0420. The molecule has 0 radical (unpaired) electrons. The molecule has 0 spiro atoms. The molecular weight excluding hydrogens is 493 g/mol. The third-order valence-corrected chi connectivity index (χ3v) is 6.19.